The molecule has 6 nitrogen and oxygen atoms in total. The molecule has 0 aliphatic rings. The average Bonchev–Trinajstić information content (AvgIpc) is 2.68. The van der Waals surface area contributed by atoms with Crippen LogP contribution in [0.1, 0.15) is 83.2 Å². The molecule has 0 aliphatic heterocycles. The van der Waals surface area contributed by atoms with E-state index in [1.165, 1.54) is 12.8 Å². The van der Waals surface area contributed by atoms with Gasteiger partial charge in [-0.05, 0) is 18.9 Å². The number of carbonyl (C=O) groups excluding carboxylic acids is 2. The summed E-state index contributed by atoms with van der Waals surface area (Å²) in [5, 5.41) is 14.7. The molecule has 0 saturated heterocycles. The van der Waals surface area contributed by atoms with Crippen LogP contribution in [0.2, 0.25) is 0 Å². The highest BCUT2D eigenvalue weighted by atomic mass is 16.4. The fourth-order valence-corrected chi connectivity index (χ4v) is 3.02. The van der Waals surface area contributed by atoms with Crippen molar-refractivity contribution in [2.24, 2.45) is 0 Å². The fraction of sp³-hybridized carbons (Fsp3) is 0.591. The highest BCUT2D eigenvalue weighted by molar-refractivity contribution is 5.87. The number of carbonyl (C=O) groups is 3. The molecule has 0 saturated carbocycles. The molecule has 0 aliphatic carbocycles. The number of hydrogen-bond acceptors (Lipinski definition) is 3. The predicted octanol–water partition coefficient (Wildman–Crippen LogP) is 3.96. The predicted molar refractivity (Wildman–Crippen MR) is 110 cm³/mol. The normalized spacial score (nSPS) is 12.8. The third-order valence-electron chi connectivity index (χ3n) is 4.74. The highest BCUT2D eigenvalue weighted by Crippen LogP contribution is 2.12. The highest BCUT2D eigenvalue weighted by Gasteiger charge is 2.20. The van der Waals surface area contributed by atoms with Crippen molar-refractivity contribution in [3.8, 4) is 0 Å². The molecule has 0 bridgehead atoms. The van der Waals surface area contributed by atoms with Crippen molar-refractivity contribution >= 4 is 17.8 Å². The number of rotatable bonds is 14. The second-order valence-electron chi connectivity index (χ2n) is 7.21. The topological polar surface area (TPSA) is 95.5 Å². The molecule has 28 heavy (non-hydrogen) atoms. The summed E-state index contributed by atoms with van der Waals surface area (Å²) in [6.07, 6.45) is 6.81. The third kappa shape index (κ3) is 10.1. The van der Waals surface area contributed by atoms with Gasteiger partial charge in [0.15, 0.2) is 0 Å². The minimum absolute atomic E-state index is 0.0202. The molecule has 156 valence electrons. The number of benzene rings is 1. The van der Waals surface area contributed by atoms with Gasteiger partial charge >= 0.3 is 5.97 Å². The van der Waals surface area contributed by atoms with Gasteiger partial charge < -0.3 is 15.7 Å². The molecule has 0 unspecified atom stereocenters. The Labute approximate surface area is 168 Å². The van der Waals surface area contributed by atoms with E-state index in [-0.39, 0.29) is 24.8 Å². The van der Waals surface area contributed by atoms with Gasteiger partial charge in [0.05, 0.1) is 6.04 Å². The van der Waals surface area contributed by atoms with Gasteiger partial charge in [-0.3, -0.25) is 9.59 Å². The van der Waals surface area contributed by atoms with Gasteiger partial charge in [-0.2, -0.15) is 0 Å². The van der Waals surface area contributed by atoms with Crippen LogP contribution >= 0.6 is 0 Å². The number of carboxylic acid groups (broad SMARTS) is 1. The first-order chi connectivity index (χ1) is 13.4. The van der Waals surface area contributed by atoms with Crippen LogP contribution in [-0.4, -0.2) is 28.9 Å². The number of aliphatic carboxylic acids is 1. The van der Waals surface area contributed by atoms with E-state index < -0.39 is 17.9 Å². The molecule has 6 heteroatoms. The van der Waals surface area contributed by atoms with E-state index in [0.29, 0.717) is 6.42 Å². The number of nitrogens with one attached hydrogen (secondary N) is 2. The lowest BCUT2D eigenvalue weighted by Crippen LogP contribution is -2.41. The van der Waals surface area contributed by atoms with Gasteiger partial charge in [-0.15, -0.1) is 0 Å². The Morgan fingerprint density at radius 2 is 1.46 bits per heavy atom. The second kappa shape index (κ2) is 13.7. The first-order valence-corrected chi connectivity index (χ1v) is 10.3. The Bertz CT molecular complexity index is 604. The number of carboxylic acids is 1. The quantitative estimate of drug-likeness (QED) is 0.419. The van der Waals surface area contributed by atoms with Crippen molar-refractivity contribution in [3.05, 3.63) is 35.9 Å². The molecule has 1 rings (SSSR count). The third-order valence-corrected chi connectivity index (χ3v) is 4.74. The lowest BCUT2D eigenvalue weighted by molar-refractivity contribution is -0.142. The molecular weight excluding hydrogens is 356 g/mol. The van der Waals surface area contributed by atoms with Gasteiger partial charge in [0, 0.05) is 12.8 Å². The van der Waals surface area contributed by atoms with Crippen LogP contribution in [0, 0.1) is 0 Å². The van der Waals surface area contributed by atoms with Crippen molar-refractivity contribution in [3.63, 3.8) is 0 Å². The monoisotopic (exact) mass is 390 g/mol. The van der Waals surface area contributed by atoms with Crippen LogP contribution < -0.4 is 10.6 Å². The van der Waals surface area contributed by atoms with E-state index in [4.69, 9.17) is 0 Å². The van der Waals surface area contributed by atoms with Gasteiger partial charge in [-0.25, -0.2) is 4.79 Å². The molecule has 0 heterocycles. The Kier molecular flexibility index (Phi) is 11.6. The molecule has 1 aromatic rings. The Hall–Kier alpha value is -2.37. The average molecular weight is 391 g/mol. The zero-order valence-electron chi connectivity index (χ0n) is 17.1. The Balaban J connectivity index is 2.29. The van der Waals surface area contributed by atoms with Gasteiger partial charge in [0.2, 0.25) is 11.8 Å². The van der Waals surface area contributed by atoms with Gasteiger partial charge in [0.1, 0.15) is 6.04 Å². The van der Waals surface area contributed by atoms with Crippen molar-refractivity contribution in [1.82, 2.24) is 10.6 Å². The van der Waals surface area contributed by atoms with Crippen molar-refractivity contribution in [2.75, 3.05) is 0 Å². The van der Waals surface area contributed by atoms with E-state index in [0.717, 1.165) is 31.2 Å². The minimum Gasteiger partial charge on any atom is -0.480 e. The zero-order valence-corrected chi connectivity index (χ0v) is 17.1. The number of hydrogen-bond donors (Lipinski definition) is 3. The maximum absolute atomic E-state index is 12.0. The molecule has 0 aromatic heterocycles. The second-order valence-corrected chi connectivity index (χ2v) is 7.21. The summed E-state index contributed by atoms with van der Waals surface area (Å²) in [6, 6.07) is 8.55. The summed E-state index contributed by atoms with van der Waals surface area (Å²) in [7, 11) is 0. The summed E-state index contributed by atoms with van der Waals surface area (Å²) >= 11 is 0. The maximum Gasteiger partial charge on any atom is 0.326 e. The SMILES string of the molecule is CCCCCCCC[C@H](NC(=O)CCC(=O)N[C@H](C)c1ccccc1)C(=O)O. The van der Waals surface area contributed by atoms with Gasteiger partial charge in [0.25, 0.3) is 0 Å². The van der Waals surface area contributed by atoms with Crippen LogP contribution in [0.25, 0.3) is 0 Å². The van der Waals surface area contributed by atoms with Crippen LogP contribution in [0.5, 0.6) is 0 Å². The smallest absolute Gasteiger partial charge is 0.326 e. The zero-order chi connectivity index (χ0) is 20.8. The van der Waals surface area contributed by atoms with E-state index in [1.807, 2.05) is 37.3 Å². The maximum atomic E-state index is 12.0. The van der Waals surface area contributed by atoms with E-state index in [1.54, 1.807) is 0 Å². The molecule has 0 radical (unpaired) electrons. The molecule has 2 atom stereocenters. The lowest BCUT2D eigenvalue weighted by atomic mass is 10.1. The molecule has 0 fully saturated rings. The summed E-state index contributed by atoms with van der Waals surface area (Å²) in [5.74, 6) is -1.65. The fourth-order valence-electron chi connectivity index (χ4n) is 3.02. The summed E-state index contributed by atoms with van der Waals surface area (Å²) in [6.45, 7) is 4.03. The van der Waals surface area contributed by atoms with Crippen molar-refractivity contribution in [2.45, 2.75) is 83.7 Å². The van der Waals surface area contributed by atoms with Crippen LogP contribution in [0.4, 0.5) is 0 Å². The number of amides is 2. The van der Waals surface area contributed by atoms with E-state index in [9.17, 15) is 19.5 Å². The van der Waals surface area contributed by atoms with E-state index in [2.05, 4.69) is 17.6 Å². The lowest BCUT2D eigenvalue weighted by Gasteiger charge is -2.16. The first kappa shape index (κ1) is 23.7. The van der Waals surface area contributed by atoms with Crippen LogP contribution in [0.15, 0.2) is 30.3 Å². The largest absolute Gasteiger partial charge is 0.480 e. The Morgan fingerprint density at radius 3 is 2.07 bits per heavy atom. The summed E-state index contributed by atoms with van der Waals surface area (Å²) in [4.78, 5) is 35.4. The summed E-state index contributed by atoms with van der Waals surface area (Å²) < 4.78 is 0. The van der Waals surface area contributed by atoms with Crippen LogP contribution in [0.3, 0.4) is 0 Å². The molecule has 3 N–H and O–H groups in total. The first-order valence-electron chi connectivity index (χ1n) is 10.3. The van der Waals surface area contributed by atoms with Crippen molar-refractivity contribution < 1.29 is 19.5 Å². The van der Waals surface area contributed by atoms with Crippen LogP contribution in [-0.2, 0) is 14.4 Å². The molecule has 2 amide bonds. The van der Waals surface area contributed by atoms with E-state index >= 15 is 0 Å². The number of unbranched alkanes of at least 4 members (excludes halogenated alkanes) is 5. The standard InChI is InChI=1S/C22H34N2O4/c1-3-4-5-6-7-11-14-19(22(27)28)24-21(26)16-15-20(25)23-17(2)18-12-9-8-10-13-18/h8-10,12-13,17,19H,3-7,11,14-16H2,1-2H3,(H,23,25)(H,24,26)(H,27,28)/t17-,19+/m1/s1. The molecule has 0 spiro atoms. The summed E-state index contributed by atoms with van der Waals surface area (Å²) in [5.41, 5.74) is 0.991. The van der Waals surface area contributed by atoms with Gasteiger partial charge in [-0.1, -0.05) is 75.8 Å². The molecular formula is C22H34N2O4. The molecule has 1 aromatic carbocycles. The van der Waals surface area contributed by atoms with Crippen molar-refractivity contribution in [1.29, 1.82) is 0 Å². The Morgan fingerprint density at radius 1 is 0.893 bits per heavy atom. The minimum atomic E-state index is -1.02.